The highest BCUT2D eigenvalue weighted by atomic mass is 16.5. The number of nitrogens with zero attached hydrogens (tertiary/aromatic N) is 2. The van der Waals surface area contributed by atoms with Crippen molar-refractivity contribution in [2.75, 3.05) is 33.4 Å². The lowest BCUT2D eigenvalue weighted by molar-refractivity contribution is -0.134. The largest absolute Gasteiger partial charge is 0.497 e. The molecule has 1 aliphatic heterocycles. The van der Waals surface area contributed by atoms with Crippen molar-refractivity contribution in [3.05, 3.63) is 54.0 Å². The average molecular weight is 415 g/mol. The number of hydrogen-bond donors (Lipinski definition) is 0. The SMILES string of the molecule is CCCN(CC(=O)N(Cc1ccco1)CC1CCCO1)C(=O)c1ccc(OC)cc1. The Morgan fingerprint density at radius 1 is 1.17 bits per heavy atom. The van der Waals surface area contributed by atoms with Crippen molar-refractivity contribution in [2.24, 2.45) is 0 Å². The van der Waals surface area contributed by atoms with Crippen LogP contribution in [0.4, 0.5) is 0 Å². The summed E-state index contributed by atoms with van der Waals surface area (Å²) in [5.41, 5.74) is 0.536. The molecule has 2 aromatic rings. The van der Waals surface area contributed by atoms with Crippen LogP contribution in [0.1, 0.15) is 42.3 Å². The molecule has 0 aliphatic carbocycles. The van der Waals surface area contributed by atoms with Crippen LogP contribution in [0.5, 0.6) is 5.75 Å². The monoisotopic (exact) mass is 414 g/mol. The fraction of sp³-hybridized carbons (Fsp3) is 0.478. The van der Waals surface area contributed by atoms with Crippen molar-refractivity contribution in [3.8, 4) is 5.75 Å². The van der Waals surface area contributed by atoms with E-state index in [4.69, 9.17) is 13.9 Å². The molecule has 30 heavy (non-hydrogen) atoms. The quantitative estimate of drug-likeness (QED) is 0.596. The van der Waals surface area contributed by atoms with Crippen molar-refractivity contribution in [3.63, 3.8) is 0 Å². The molecule has 2 amide bonds. The van der Waals surface area contributed by atoms with Gasteiger partial charge in [-0.1, -0.05) is 6.92 Å². The van der Waals surface area contributed by atoms with E-state index in [1.54, 1.807) is 53.5 Å². The topological polar surface area (TPSA) is 72.2 Å². The molecule has 0 bridgehead atoms. The Balaban J connectivity index is 1.71. The maximum Gasteiger partial charge on any atom is 0.254 e. The standard InChI is InChI=1S/C23H30N2O5/c1-3-12-24(23(27)18-8-10-19(28-2)11-9-18)17-22(26)25(15-20-6-4-13-29-20)16-21-7-5-14-30-21/h4,6,8-11,13,21H,3,5,7,12,14-17H2,1-2H3. The third kappa shape index (κ3) is 5.86. The van der Waals surface area contributed by atoms with Gasteiger partial charge in [0.25, 0.3) is 5.91 Å². The zero-order chi connectivity index (χ0) is 21.3. The van der Waals surface area contributed by atoms with Crippen molar-refractivity contribution < 1.29 is 23.5 Å². The highest BCUT2D eigenvalue weighted by molar-refractivity contribution is 5.96. The fourth-order valence-corrected chi connectivity index (χ4v) is 3.58. The van der Waals surface area contributed by atoms with Crippen LogP contribution in [0.15, 0.2) is 47.1 Å². The third-order valence-corrected chi connectivity index (χ3v) is 5.17. The number of hydrogen-bond acceptors (Lipinski definition) is 5. The molecular weight excluding hydrogens is 384 g/mol. The Kier molecular flexibility index (Phi) is 7.90. The molecule has 1 aliphatic rings. The molecule has 0 radical (unpaired) electrons. The Morgan fingerprint density at radius 3 is 2.57 bits per heavy atom. The Hall–Kier alpha value is -2.80. The summed E-state index contributed by atoms with van der Waals surface area (Å²) in [6.07, 6.45) is 4.33. The van der Waals surface area contributed by atoms with Crippen LogP contribution in [-0.2, 0) is 16.1 Å². The minimum Gasteiger partial charge on any atom is -0.497 e. The fourth-order valence-electron chi connectivity index (χ4n) is 3.58. The smallest absolute Gasteiger partial charge is 0.254 e. The van der Waals surface area contributed by atoms with Gasteiger partial charge in [0.2, 0.25) is 5.91 Å². The number of ether oxygens (including phenoxy) is 2. The first-order valence-electron chi connectivity index (χ1n) is 10.5. The van der Waals surface area contributed by atoms with E-state index in [0.717, 1.165) is 25.9 Å². The summed E-state index contributed by atoms with van der Waals surface area (Å²) < 4.78 is 16.3. The lowest BCUT2D eigenvalue weighted by Gasteiger charge is -2.28. The maximum absolute atomic E-state index is 13.2. The number of amides is 2. The molecule has 1 aromatic heterocycles. The number of carbonyl (C=O) groups is 2. The molecule has 7 heteroatoms. The van der Waals surface area contributed by atoms with Crippen LogP contribution in [0, 0.1) is 0 Å². The van der Waals surface area contributed by atoms with E-state index in [1.165, 1.54) is 0 Å². The number of methoxy groups -OCH3 is 1. The Bertz CT molecular complexity index is 798. The molecule has 7 nitrogen and oxygen atoms in total. The second kappa shape index (κ2) is 10.8. The van der Waals surface area contributed by atoms with E-state index < -0.39 is 0 Å². The van der Waals surface area contributed by atoms with E-state index in [9.17, 15) is 9.59 Å². The zero-order valence-corrected chi connectivity index (χ0v) is 17.7. The lowest BCUT2D eigenvalue weighted by Crippen LogP contribution is -2.45. The van der Waals surface area contributed by atoms with Crippen LogP contribution in [0.2, 0.25) is 0 Å². The zero-order valence-electron chi connectivity index (χ0n) is 17.7. The second-order valence-corrected chi connectivity index (χ2v) is 7.44. The van der Waals surface area contributed by atoms with E-state index in [0.29, 0.717) is 36.7 Å². The molecule has 1 atom stereocenters. The number of carbonyl (C=O) groups excluding carboxylic acids is 2. The first-order chi connectivity index (χ1) is 14.6. The van der Waals surface area contributed by atoms with Gasteiger partial charge in [0, 0.05) is 25.3 Å². The summed E-state index contributed by atoms with van der Waals surface area (Å²) in [5, 5.41) is 0. The molecule has 162 valence electrons. The number of furan rings is 1. The predicted molar refractivity (Wildman–Crippen MR) is 112 cm³/mol. The molecule has 2 heterocycles. The Labute approximate surface area is 177 Å². The van der Waals surface area contributed by atoms with Crippen LogP contribution < -0.4 is 4.74 Å². The minimum atomic E-state index is -0.164. The van der Waals surface area contributed by atoms with E-state index in [1.807, 2.05) is 13.0 Å². The van der Waals surface area contributed by atoms with Gasteiger partial charge in [-0.3, -0.25) is 9.59 Å². The molecule has 1 unspecified atom stereocenters. The first kappa shape index (κ1) is 21.9. The summed E-state index contributed by atoms with van der Waals surface area (Å²) in [5.74, 6) is 1.12. The third-order valence-electron chi connectivity index (χ3n) is 5.17. The summed E-state index contributed by atoms with van der Waals surface area (Å²) in [6.45, 7) is 4.10. The summed E-state index contributed by atoms with van der Waals surface area (Å²) in [7, 11) is 1.58. The maximum atomic E-state index is 13.2. The predicted octanol–water partition coefficient (Wildman–Crippen LogP) is 3.35. The van der Waals surface area contributed by atoms with Crippen molar-refractivity contribution in [1.29, 1.82) is 0 Å². The van der Waals surface area contributed by atoms with Gasteiger partial charge >= 0.3 is 0 Å². The molecule has 3 rings (SSSR count). The van der Waals surface area contributed by atoms with Gasteiger partial charge in [0.05, 0.1) is 26.0 Å². The highest BCUT2D eigenvalue weighted by Gasteiger charge is 2.26. The van der Waals surface area contributed by atoms with E-state index >= 15 is 0 Å². The van der Waals surface area contributed by atoms with Gasteiger partial charge in [-0.2, -0.15) is 0 Å². The molecule has 1 saturated heterocycles. The second-order valence-electron chi connectivity index (χ2n) is 7.44. The van der Waals surface area contributed by atoms with Crippen molar-refractivity contribution >= 4 is 11.8 Å². The van der Waals surface area contributed by atoms with Gasteiger partial charge < -0.3 is 23.7 Å². The summed E-state index contributed by atoms with van der Waals surface area (Å²) in [4.78, 5) is 29.6. The molecule has 1 fully saturated rings. The van der Waals surface area contributed by atoms with Gasteiger partial charge in [0.1, 0.15) is 18.1 Å². The molecular formula is C23H30N2O5. The van der Waals surface area contributed by atoms with E-state index in [2.05, 4.69) is 0 Å². The first-order valence-corrected chi connectivity index (χ1v) is 10.5. The van der Waals surface area contributed by atoms with Gasteiger partial charge in [-0.15, -0.1) is 0 Å². The molecule has 0 saturated carbocycles. The minimum absolute atomic E-state index is 0.0200. The molecule has 0 N–H and O–H groups in total. The van der Waals surface area contributed by atoms with E-state index in [-0.39, 0.29) is 24.5 Å². The average Bonchev–Trinajstić information content (AvgIpc) is 3.47. The van der Waals surface area contributed by atoms with Crippen molar-refractivity contribution in [2.45, 2.75) is 38.8 Å². The molecule has 1 aromatic carbocycles. The summed E-state index contributed by atoms with van der Waals surface area (Å²) in [6, 6.07) is 10.6. The van der Waals surface area contributed by atoms with Gasteiger partial charge in [-0.05, 0) is 55.7 Å². The Morgan fingerprint density at radius 2 is 1.97 bits per heavy atom. The van der Waals surface area contributed by atoms with Crippen LogP contribution in [0.3, 0.4) is 0 Å². The van der Waals surface area contributed by atoms with Crippen LogP contribution >= 0.6 is 0 Å². The number of rotatable bonds is 10. The summed E-state index contributed by atoms with van der Waals surface area (Å²) >= 11 is 0. The highest BCUT2D eigenvalue weighted by Crippen LogP contribution is 2.17. The van der Waals surface area contributed by atoms with Crippen LogP contribution in [0.25, 0.3) is 0 Å². The van der Waals surface area contributed by atoms with Gasteiger partial charge in [0.15, 0.2) is 0 Å². The lowest BCUT2D eigenvalue weighted by atomic mass is 10.1. The van der Waals surface area contributed by atoms with Crippen molar-refractivity contribution in [1.82, 2.24) is 9.80 Å². The van der Waals surface area contributed by atoms with Crippen LogP contribution in [-0.4, -0.2) is 61.1 Å². The normalized spacial score (nSPS) is 15.7. The number of benzene rings is 1. The molecule has 0 spiro atoms. The van der Waals surface area contributed by atoms with Gasteiger partial charge in [-0.25, -0.2) is 0 Å².